The molecule has 0 saturated heterocycles. The van der Waals surface area contributed by atoms with E-state index in [2.05, 4.69) is 56.9 Å². The molecular weight excluding hydrogens is 234 g/mol. The smallest absolute Gasteiger partial charge is 0.180 e. The summed E-state index contributed by atoms with van der Waals surface area (Å²) in [7, 11) is 0. The van der Waals surface area contributed by atoms with Crippen molar-refractivity contribution in [3.63, 3.8) is 0 Å². The molecule has 0 unspecified atom stereocenters. The van der Waals surface area contributed by atoms with Gasteiger partial charge in [0.2, 0.25) is 0 Å². The molecule has 0 bridgehead atoms. The maximum absolute atomic E-state index is 5.78. The van der Waals surface area contributed by atoms with E-state index in [9.17, 15) is 0 Å². The molecule has 0 spiro atoms. The second kappa shape index (κ2) is 5.68. The topological polar surface area (TPSA) is 21.3 Å². The lowest BCUT2D eigenvalue weighted by molar-refractivity contribution is 0.0331. The molecule has 19 heavy (non-hydrogen) atoms. The Morgan fingerprint density at radius 1 is 1.05 bits per heavy atom. The van der Waals surface area contributed by atoms with Gasteiger partial charge in [-0.1, -0.05) is 51.1 Å². The van der Waals surface area contributed by atoms with Crippen molar-refractivity contribution >= 4 is 0 Å². The maximum Gasteiger partial charge on any atom is 0.180 e. The first-order valence-electron chi connectivity index (χ1n) is 6.79. The molecule has 0 fully saturated rings. The summed E-state index contributed by atoms with van der Waals surface area (Å²) >= 11 is 0. The Labute approximate surface area is 117 Å². The molecule has 1 aromatic carbocycles. The third-order valence-electron chi connectivity index (χ3n) is 2.73. The van der Waals surface area contributed by atoms with E-state index in [1.165, 1.54) is 5.56 Å². The number of hydrogen-bond acceptors (Lipinski definition) is 2. The molecule has 1 rings (SSSR count). The molecule has 1 atom stereocenters. The zero-order chi connectivity index (χ0) is 14.7. The summed E-state index contributed by atoms with van der Waals surface area (Å²) in [6.45, 7) is 16.7. The van der Waals surface area contributed by atoms with Crippen LogP contribution in [0.5, 0.6) is 0 Å². The molecule has 2 heteroatoms. The van der Waals surface area contributed by atoms with Crippen molar-refractivity contribution in [1.82, 2.24) is 5.32 Å². The summed E-state index contributed by atoms with van der Waals surface area (Å²) in [5, 5.41) is 3.41. The van der Waals surface area contributed by atoms with E-state index < -0.39 is 0 Å². The van der Waals surface area contributed by atoms with Gasteiger partial charge < -0.3 is 10.1 Å². The van der Waals surface area contributed by atoms with Gasteiger partial charge >= 0.3 is 0 Å². The van der Waals surface area contributed by atoms with E-state index in [0.717, 1.165) is 0 Å². The van der Waals surface area contributed by atoms with Gasteiger partial charge in [-0.15, -0.1) is 0 Å². The average Bonchev–Trinajstić information content (AvgIpc) is 2.23. The van der Waals surface area contributed by atoms with E-state index >= 15 is 0 Å². The fourth-order valence-corrected chi connectivity index (χ4v) is 2.01. The van der Waals surface area contributed by atoms with Crippen LogP contribution in [0.2, 0.25) is 0 Å². The van der Waals surface area contributed by atoms with Crippen molar-refractivity contribution in [2.75, 3.05) is 0 Å². The summed E-state index contributed by atoms with van der Waals surface area (Å²) in [6.07, 6.45) is 0. The first kappa shape index (κ1) is 15.6. The zero-order valence-corrected chi connectivity index (χ0v) is 13.1. The summed E-state index contributed by atoms with van der Waals surface area (Å²) in [5.74, 6) is 0.622. The van der Waals surface area contributed by atoms with Gasteiger partial charge in [0, 0.05) is 0 Å². The molecule has 0 aromatic heterocycles. The molecule has 0 radical (unpaired) electrons. The molecular formula is C17H27NO. The van der Waals surface area contributed by atoms with Gasteiger partial charge in [-0.3, -0.25) is 0 Å². The Kier molecular flexibility index (Phi) is 4.67. The Morgan fingerprint density at radius 3 is 2.00 bits per heavy atom. The predicted molar refractivity (Wildman–Crippen MR) is 81.8 cm³/mol. The SMILES string of the molecule is C=C(N[C@@H](c1ccccc1)C(C)(C)C)OC(C)(C)C. The normalized spacial score (nSPS) is 13.8. The molecule has 0 amide bonds. The first-order chi connectivity index (χ1) is 8.59. The van der Waals surface area contributed by atoms with Crippen molar-refractivity contribution in [3.05, 3.63) is 48.4 Å². The number of benzene rings is 1. The summed E-state index contributed by atoms with van der Waals surface area (Å²) in [5.41, 5.74) is 1.09. The molecule has 0 aliphatic heterocycles. The Bertz CT molecular complexity index is 409. The number of rotatable bonds is 4. The summed E-state index contributed by atoms with van der Waals surface area (Å²) < 4.78 is 5.78. The van der Waals surface area contributed by atoms with Crippen molar-refractivity contribution in [1.29, 1.82) is 0 Å². The van der Waals surface area contributed by atoms with Gasteiger partial charge in [0.25, 0.3) is 0 Å². The molecule has 1 N–H and O–H groups in total. The highest BCUT2D eigenvalue weighted by Gasteiger charge is 2.27. The molecule has 106 valence electrons. The lowest BCUT2D eigenvalue weighted by Crippen LogP contribution is -2.34. The van der Waals surface area contributed by atoms with Gasteiger partial charge in [0.15, 0.2) is 5.88 Å². The van der Waals surface area contributed by atoms with Crippen LogP contribution in [-0.4, -0.2) is 5.60 Å². The Hall–Kier alpha value is -1.44. The molecule has 0 saturated carbocycles. The highest BCUT2D eigenvalue weighted by atomic mass is 16.5. The van der Waals surface area contributed by atoms with Crippen LogP contribution in [0.4, 0.5) is 0 Å². The number of ether oxygens (including phenoxy) is 1. The lowest BCUT2D eigenvalue weighted by Gasteiger charge is -2.34. The van der Waals surface area contributed by atoms with Gasteiger partial charge in [-0.25, -0.2) is 0 Å². The van der Waals surface area contributed by atoms with Gasteiger partial charge in [0.05, 0.1) is 6.04 Å². The van der Waals surface area contributed by atoms with Gasteiger partial charge in [0.1, 0.15) is 5.60 Å². The van der Waals surface area contributed by atoms with Crippen molar-refractivity contribution < 1.29 is 4.74 Å². The van der Waals surface area contributed by atoms with Gasteiger partial charge in [-0.2, -0.15) is 0 Å². The summed E-state index contributed by atoms with van der Waals surface area (Å²) in [4.78, 5) is 0. The molecule has 0 aliphatic rings. The number of hydrogen-bond donors (Lipinski definition) is 1. The maximum atomic E-state index is 5.78. The third-order valence-corrected chi connectivity index (χ3v) is 2.73. The largest absolute Gasteiger partial charge is 0.474 e. The van der Waals surface area contributed by atoms with E-state index in [4.69, 9.17) is 4.74 Å². The Morgan fingerprint density at radius 2 is 1.58 bits per heavy atom. The lowest BCUT2D eigenvalue weighted by atomic mass is 9.82. The Balaban J connectivity index is 2.87. The van der Waals surface area contributed by atoms with Crippen LogP contribution in [-0.2, 0) is 4.74 Å². The van der Waals surface area contributed by atoms with Crippen LogP contribution in [0.25, 0.3) is 0 Å². The van der Waals surface area contributed by atoms with Crippen LogP contribution < -0.4 is 5.32 Å². The van der Waals surface area contributed by atoms with Crippen molar-refractivity contribution in [3.8, 4) is 0 Å². The minimum absolute atomic E-state index is 0.0749. The van der Waals surface area contributed by atoms with E-state index in [1.54, 1.807) is 0 Å². The zero-order valence-electron chi connectivity index (χ0n) is 13.1. The molecule has 1 aromatic rings. The predicted octanol–water partition coefficient (Wildman–Crippen LogP) is 4.65. The van der Waals surface area contributed by atoms with E-state index in [1.807, 2.05) is 26.8 Å². The van der Waals surface area contributed by atoms with Crippen LogP contribution >= 0.6 is 0 Å². The fourth-order valence-electron chi connectivity index (χ4n) is 2.01. The third kappa shape index (κ3) is 5.37. The van der Waals surface area contributed by atoms with Crippen molar-refractivity contribution in [2.45, 2.75) is 53.2 Å². The van der Waals surface area contributed by atoms with E-state index in [0.29, 0.717) is 5.88 Å². The van der Waals surface area contributed by atoms with Gasteiger partial charge in [-0.05, 0) is 38.3 Å². The van der Waals surface area contributed by atoms with Crippen LogP contribution in [0.1, 0.15) is 53.1 Å². The van der Waals surface area contributed by atoms with E-state index in [-0.39, 0.29) is 17.1 Å². The minimum Gasteiger partial charge on any atom is -0.474 e. The fraction of sp³-hybridized carbons (Fsp3) is 0.529. The minimum atomic E-state index is -0.233. The molecule has 0 aliphatic carbocycles. The highest BCUT2D eigenvalue weighted by molar-refractivity contribution is 5.21. The first-order valence-corrected chi connectivity index (χ1v) is 6.79. The number of nitrogens with one attached hydrogen (secondary N) is 1. The average molecular weight is 261 g/mol. The second-order valence-corrected chi connectivity index (χ2v) is 6.99. The molecule has 2 nitrogen and oxygen atoms in total. The van der Waals surface area contributed by atoms with Crippen LogP contribution in [0, 0.1) is 5.41 Å². The van der Waals surface area contributed by atoms with Crippen LogP contribution in [0.15, 0.2) is 42.8 Å². The standard InChI is InChI=1S/C17H27NO/c1-13(19-17(5,6)7)18-15(16(2,3)4)14-11-9-8-10-12-14/h8-12,15,18H,1H2,2-7H3/t15-/m0/s1. The highest BCUT2D eigenvalue weighted by Crippen LogP contribution is 2.33. The quantitative estimate of drug-likeness (QED) is 0.797. The van der Waals surface area contributed by atoms with Crippen molar-refractivity contribution in [2.24, 2.45) is 5.41 Å². The molecule has 0 heterocycles. The second-order valence-electron chi connectivity index (χ2n) is 6.99. The monoisotopic (exact) mass is 261 g/mol. The summed E-state index contributed by atoms with van der Waals surface area (Å²) in [6, 6.07) is 10.6. The van der Waals surface area contributed by atoms with Crippen LogP contribution in [0.3, 0.4) is 0 Å².